The Morgan fingerprint density at radius 1 is 0.812 bits per heavy atom. The van der Waals surface area contributed by atoms with E-state index in [1.807, 2.05) is 0 Å². The van der Waals surface area contributed by atoms with Crippen molar-refractivity contribution in [2.45, 2.75) is 0 Å². The minimum absolute atomic E-state index is 0.149. The van der Waals surface area contributed by atoms with Crippen molar-refractivity contribution >= 4 is 58.7 Å². The molecule has 0 unspecified atom stereocenters. The van der Waals surface area contributed by atoms with Crippen LogP contribution in [0, 0.1) is 0 Å². The summed E-state index contributed by atoms with van der Waals surface area (Å²) < 4.78 is 5.42. The van der Waals surface area contributed by atoms with Crippen LogP contribution in [0.3, 0.4) is 0 Å². The molecule has 0 heterocycles. The molecule has 0 saturated heterocycles. The highest BCUT2D eigenvalue weighted by atomic mass is 35.5. The van der Waals surface area contributed by atoms with Gasteiger partial charge in [-0.05, 0) is 54.6 Å². The maximum Gasteiger partial charge on any atom is 0.343 e. The second-order valence-corrected chi connectivity index (χ2v) is 7.62. The highest BCUT2D eigenvalue weighted by Crippen LogP contribution is 2.22. The SMILES string of the molecule is O=C(/C=C/c1ccccc1OC(=O)c1ccc(Cl)cc1)NNC(=O)c1ccc(Cl)cc1Cl. The molecular weight excluding hydrogens is 475 g/mol. The van der Waals surface area contributed by atoms with E-state index in [4.69, 9.17) is 39.5 Å². The van der Waals surface area contributed by atoms with Gasteiger partial charge in [-0.2, -0.15) is 0 Å². The Balaban J connectivity index is 1.62. The zero-order valence-corrected chi connectivity index (χ0v) is 18.5. The fraction of sp³-hybridized carbons (Fsp3) is 0. The van der Waals surface area contributed by atoms with Gasteiger partial charge in [0.2, 0.25) is 0 Å². The van der Waals surface area contributed by atoms with Crippen LogP contribution < -0.4 is 15.6 Å². The molecule has 0 aliphatic rings. The van der Waals surface area contributed by atoms with E-state index in [0.717, 1.165) is 0 Å². The van der Waals surface area contributed by atoms with Crippen LogP contribution in [0.15, 0.2) is 72.8 Å². The van der Waals surface area contributed by atoms with E-state index >= 15 is 0 Å². The third-order valence-corrected chi connectivity index (χ3v) is 4.89. The van der Waals surface area contributed by atoms with Crippen LogP contribution in [-0.4, -0.2) is 17.8 Å². The summed E-state index contributed by atoms with van der Waals surface area (Å²) in [5.41, 5.74) is 5.47. The molecular formula is C23H15Cl3N2O4. The number of amides is 2. The van der Waals surface area contributed by atoms with Crippen LogP contribution in [0.2, 0.25) is 15.1 Å². The van der Waals surface area contributed by atoms with Crippen LogP contribution in [0.1, 0.15) is 26.3 Å². The highest BCUT2D eigenvalue weighted by Gasteiger charge is 2.12. The van der Waals surface area contributed by atoms with Gasteiger partial charge in [-0.15, -0.1) is 0 Å². The van der Waals surface area contributed by atoms with Gasteiger partial charge < -0.3 is 4.74 Å². The molecule has 0 bridgehead atoms. The van der Waals surface area contributed by atoms with Gasteiger partial charge in [-0.3, -0.25) is 20.4 Å². The Morgan fingerprint density at radius 2 is 1.50 bits per heavy atom. The van der Waals surface area contributed by atoms with E-state index in [1.54, 1.807) is 48.5 Å². The first-order valence-electron chi connectivity index (χ1n) is 9.14. The van der Waals surface area contributed by atoms with Crippen LogP contribution in [0.25, 0.3) is 6.08 Å². The van der Waals surface area contributed by atoms with Crippen LogP contribution in [0.4, 0.5) is 0 Å². The standard InChI is InChI=1S/C23H15Cl3N2O4/c24-16-8-5-15(6-9-16)23(31)32-20-4-2-1-3-14(20)7-12-21(29)27-28-22(30)18-11-10-17(25)13-19(18)26/h1-13H,(H,27,29)(H,28,30)/b12-7+. The fourth-order valence-electron chi connectivity index (χ4n) is 2.52. The summed E-state index contributed by atoms with van der Waals surface area (Å²) in [5, 5.41) is 1.03. The van der Waals surface area contributed by atoms with E-state index < -0.39 is 17.8 Å². The van der Waals surface area contributed by atoms with E-state index in [0.29, 0.717) is 21.2 Å². The molecule has 0 saturated carbocycles. The second kappa shape index (κ2) is 10.8. The lowest BCUT2D eigenvalue weighted by Crippen LogP contribution is -2.40. The Kier molecular flexibility index (Phi) is 7.89. The minimum Gasteiger partial charge on any atom is -0.422 e. The number of hydrazine groups is 1. The molecule has 3 rings (SSSR count). The molecule has 0 fully saturated rings. The van der Waals surface area contributed by atoms with E-state index in [1.165, 1.54) is 30.4 Å². The van der Waals surface area contributed by atoms with Crippen LogP contribution in [0.5, 0.6) is 5.75 Å². The maximum atomic E-state index is 12.3. The zero-order chi connectivity index (χ0) is 23.1. The number of nitrogens with one attached hydrogen (secondary N) is 2. The number of ether oxygens (including phenoxy) is 1. The fourth-order valence-corrected chi connectivity index (χ4v) is 3.14. The van der Waals surface area contributed by atoms with Gasteiger partial charge in [-0.25, -0.2) is 4.79 Å². The number of esters is 1. The van der Waals surface area contributed by atoms with E-state index in [9.17, 15) is 14.4 Å². The predicted octanol–water partition coefficient (Wildman–Crippen LogP) is 5.34. The quantitative estimate of drug-likeness (QED) is 0.219. The van der Waals surface area contributed by atoms with E-state index in [-0.39, 0.29) is 16.3 Å². The van der Waals surface area contributed by atoms with Gasteiger partial charge in [0.1, 0.15) is 5.75 Å². The van der Waals surface area contributed by atoms with Gasteiger partial charge in [0.25, 0.3) is 11.8 Å². The van der Waals surface area contributed by atoms with Crippen molar-refractivity contribution < 1.29 is 19.1 Å². The predicted molar refractivity (Wildman–Crippen MR) is 124 cm³/mol. The molecule has 0 aromatic heterocycles. The molecule has 32 heavy (non-hydrogen) atoms. The average Bonchev–Trinajstić information content (AvgIpc) is 2.77. The number of hydrogen-bond donors (Lipinski definition) is 2. The van der Waals surface area contributed by atoms with Crippen molar-refractivity contribution in [3.63, 3.8) is 0 Å². The summed E-state index contributed by atoms with van der Waals surface area (Å²) in [5.74, 6) is -1.53. The molecule has 162 valence electrons. The number of benzene rings is 3. The molecule has 9 heteroatoms. The largest absolute Gasteiger partial charge is 0.422 e. The third-order valence-electron chi connectivity index (χ3n) is 4.09. The van der Waals surface area contributed by atoms with Crippen LogP contribution in [-0.2, 0) is 4.79 Å². The zero-order valence-electron chi connectivity index (χ0n) is 16.3. The van der Waals surface area contributed by atoms with Crippen molar-refractivity contribution in [2.75, 3.05) is 0 Å². The molecule has 2 N–H and O–H groups in total. The lowest BCUT2D eigenvalue weighted by Gasteiger charge is -2.08. The average molecular weight is 490 g/mol. The molecule has 0 atom stereocenters. The summed E-state index contributed by atoms with van der Waals surface area (Å²) in [6, 6.07) is 17.3. The first-order valence-corrected chi connectivity index (χ1v) is 10.3. The molecule has 0 aliphatic heterocycles. The topological polar surface area (TPSA) is 84.5 Å². The molecule has 0 aliphatic carbocycles. The molecule has 2 amide bonds. The molecule has 0 spiro atoms. The minimum atomic E-state index is -0.609. The van der Waals surface area contributed by atoms with Gasteiger partial charge in [-0.1, -0.05) is 53.0 Å². The Bertz CT molecular complexity index is 1190. The number of para-hydroxylation sites is 1. The first kappa shape index (κ1) is 23.3. The number of carbonyl (C=O) groups is 3. The molecule has 0 radical (unpaired) electrons. The van der Waals surface area contributed by atoms with E-state index in [2.05, 4.69) is 10.9 Å². The van der Waals surface area contributed by atoms with Crippen molar-refractivity contribution in [3.05, 3.63) is 105 Å². The number of rotatable bonds is 5. The maximum absolute atomic E-state index is 12.3. The van der Waals surface area contributed by atoms with Gasteiger partial charge >= 0.3 is 5.97 Å². The lowest BCUT2D eigenvalue weighted by atomic mass is 10.2. The Morgan fingerprint density at radius 3 is 2.22 bits per heavy atom. The second-order valence-electron chi connectivity index (χ2n) is 6.34. The number of halogens is 3. The van der Waals surface area contributed by atoms with Crippen molar-refractivity contribution in [1.82, 2.24) is 10.9 Å². The highest BCUT2D eigenvalue weighted by molar-refractivity contribution is 6.36. The summed E-state index contributed by atoms with van der Waals surface area (Å²) >= 11 is 17.6. The van der Waals surface area contributed by atoms with Crippen molar-refractivity contribution in [3.8, 4) is 5.75 Å². The smallest absolute Gasteiger partial charge is 0.343 e. The first-order chi connectivity index (χ1) is 15.3. The molecule has 3 aromatic rings. The van der Waals surface area contributed by atoms with Gasteiger partial charge in [0.15, 0.2) is 0 Å². The summed E-state index contributed by atoms with van der Waals surface area (Å²) in [4.78, 5) is 36.6. The summed E-state index contributed by atoms with van der Waals surface area (Å²) in [6.45, 7) is 0. The molecule has 6 nitrogen and oxygen atoms in total. The summed E-state index contributed by atoms with van der Waals surface area (Å²) in [7, 11) is 0. The summed E-state index contributed by atoms with van der Waals surface area (Å²) in [6.07, 6.45) is 2.62. The van der Waals surface area contributed by atoms with Crippen LogP contribution >= 0.6 is 34.8 Å². The van der Waals surface area contributed by atoms with Crippen molar-refractivity contribution in [1.29, 1.82) is 0 Å². The lowest BCUT2D eigenvalue weighted by molar-refractivity contribution is -0.117. The Labute approximate surface area is 198 Å². The van der Waals surface area contributed by atoms with Crippen molar-refractivity contribution in [2.24, 2.45) is 0 Å². The Hall–Kier alpha value is -3.32. The monoisotopic (exact) mass is 488 g/mol. The molecule has 3 aromatic carbocycles. The van der Waals surface area contributed by atoms with Gasteiger partial charge in [0, 0.05) is 21.7 Å². The number of hydrogen-bond acceptors (Lipinski definition) is 4. The number of carbonyl (C=O) groups excluding carboxylic acids is 3. The normalized spacial score (nSPS) is 10.6. The third kappa shape index (κ3) is 6.34. The van der Waals surface area contributed by atoms with Gasteiger partial charge in [0.05, 0.1) is 16.1 Å².